The number of aliphatic hydroxyl groups is 1. The van der Waals surface area contributed by atoms with Crippen molar-refractivity contribution in [3.63, 3.8) is 0 Å². The van der Waals surface area contributed by atoms with E-state index < -0.39 is 17.4 Å². The molecule has 0 bridgehead atoms. The Kier molecular flexibility index (Phi) is 4.89. The molecule has 0 radical (unpaired) electrons. The fraction of sp³-hybridized carbons (Fsp3) is 0.800. The van der Waals surface area contributed by atoms with Crippen LogP contribution in [0.1, 0.15) is 65.2 Å². The molecule has 5 aliphatic rings. The van der Waals surface area contributed by atoms with E-state index in [2.05, 4.69) is 19.9 Å². The van der Waals surface area contributed by atoms with Crippen LogP contribution in [0.3, 0.4) is 0 Å². The number of carbonyl (C=O) groups is 1. The van der Waals surface area contributed by atoms with Gasteiger partial charge in [-0.15, -0.1) is 0 Å². The number of ether oxygens (including phenoxy) is 4. The second kappa shape index (κ2) is 7.06. The molecule has 172 valence electrons. The minimum atomic E-state index is -0.741. The van der Waals surface area contributed by atoms with Gasteiger partial charge in [-0.3, -0.25) is 0 Å². The van der Waals surface area contributed by atoms with Gasteiger partial charge in [0.1, 0.15) is 0 Å². The van der Waals surface area contributed by atoms with E-state index >= 15 is 0 Å². The van der Waals surface area contributed by atoms with Gasteiger partial charge in [0.05, 0.1) is 33.0 Å². The van der Waals surface area contributed by atoms with E-state index in [0.29, 0.717) is 24.9 Å². The molecule has 0 amide bonds. The minimum absolute atomic E-state index is 0.147. The van der Waals surface area contributed by atoms with Crippen molar-refractivity contribution in [3.05, 3.63) is 23.0 Å². The zero-order valence-corrected chi connectivity index (χ0v) is 19.3. The van der Waals surface area contributed by atoms with Crippen molar-refractivity contribution >= 4 is 5.97 Å². The number of hydrogen-bond donors (Lipinski definition) is 1. The van der Waals surface area contributed by atoms with Crippen LogP contribution in [0.15, 0.2) is 23.0 Å². The summed E-state index contributed by atoms with van der Waals surface area (Å²) < 4.78 is 22.5. The zero-order valence-electron chi connectivity index (χ0n) is 19.3. The fourth-order valence-electron chi connectivity index (χ4n) is 7.90. The average Bonchev–Trinajstić information content (AvgIpc) is 3.35. The number of esters is 1. The third kappa shape index (κ3) is 2.77. The molecule has 0 aromatic carbocycles. The van der Waals surface area contributed by atoms with Gasteiger partial charge in [0.15, 0.2) is 5.79 Å². The first kappa shape index (κ1) is 21.5. The molecule has 31 heavy (non-hydrogen) atoms. The van der Waals surface area contributed by atoms with Gasteiger partial charge in [0, 0.05) is 18.3 Å². The molecule has 0 aromatic rings. The molecular weight excluding hydrogens is 396 g/mol. The van der Waals surface area contributed by atoms with Crippen LogP contribution in [0.4, 0.5) is 0 Å². The molecule has 1 saturated heterocycles. The summed E-state index contributed by atoms with van der Waals surface area (Å²) in [4.78, 5) is 12.4. The maximum Gasteiger partial charge on any atom is 0.373 e. The fourth-order valence-corrected chi connectivity index (χ4v) is 7.90. The van der Waals surface area contributed by atoms with Crippen LogP contribution in [0.2, 0.25) is 0 Å². The molecule has 1 N–H and O–H groups in total. The molecule has 5 rings (SSSR count). The normalized spacial score (nSPS) is 44.7. The third-order valence-corrected chi connectivity index (χ3v) is 9.75. The smallest absolute Gasteiger partial charge is 0.373 e. The van der Waals surface area contributed by atoms with Crippen molar-refractivity contribution in [3.8, 4) is 0 Å². The standard InChI is InChI=1S/C25H36O6/c1-22-9-12-25(27)18(17(22)7-8-19(22)20(28-3)21(26)29-4)6-5-16-15-24(30-13-14-31-24)11-10-23(16,25)2/h5,17-18,27H,6-15H2,1-4H3/b20-19-/t17-,18-,22-,23-,25+/m0/s1. The van der Waals surface area contributed by atoms with E-state index in [9.17, 15) is 9.90 Å². The Morgan fingerprint density at radius 3 is 2.48 bits per heavy atom. The van der Waals surface area contributed by atoms with Crippen LogP contribution in [0.25, 0.3) is 0 Å². The SMILES string of the molecule is COC(=O)/C(OC)=C1\CC[C@H]2[C@@H]3CC=C4CC5(CC[C@]4(C)[C@@]3(O)CC[C@]12C)OCCO5. The third-order valence-electron chi connectivity index (χ3n) is 9.75. The molecule has 3 saturated carbocycles. The predicted molar refractivity (Wildman–Crippen MR) is 114 cm³/mol. The van der Waals surface area contributed by atoms with Gasteiger partial charge < -0.3 is 24.1 Å². The molecular formula is C25H36O6. The Labute approximate surface area is 184 Å². The van der Waals surface area contributed by atoms with Crippen molar-refractivity contribution < 1.29 is 28.8 Å². The number of fused-ring (bicyclic) bond motifs is 5. The van der Waals surface area contributed by atoms with Gasteiger partial charge in [0.25, 0.3) is 0 Å². The predicted octanol–water partition coefficient (Wildman–Crippen LogP) is 3.88. The van der Waals surface area contributed by atoms with Gasteiger partial charge in [0.2, 0.25) is 5.76 Å². The highest BCUT2D eigenvalue weighted by molar-refractivity contribution is 5.87. The van der Waals surface area contributed by atoms with E-state index in [4.69, 9.17) is 18.9 Å². The zero-order chi connectivity index (χ0) is 22.1. The number of allylic oxidation sites excluding steroid dienone is 2. The summed E-state index contributed by atoms with van der Waals surface area (Å²) in [6.07, 6.45) is 9.09. The number of hydrogen-bond acceptors (Lipinski definition) is 6. The second-order valence-electron chi connectivity index (χ2n) is 10.7. The highest BCUT2D eigenvalue weighted by atomic mass is 16.7. The van der Waals surface area contributed by atoms with Crippen molar-refractivity contribution in [2.45, 2.75) is 76.6 Å². The van der Waals surface area contributed by atoms with Crippen LogP contribution >= 0.6 is 0 Å². The topological polar surface area (TPSA) is 74.2 Å². The van der Waals surface area contributed by atoms with Crippen LogP contribution in [0, 0.1) is 22.7 Å². The summed E-state index contributed by atoms with van der Waals surface area (Å²) in [5.41, 5.74) is 1.24. The lowest BCUT2D eigenvalue weighted by Gasteiger charge is -2.62. The molecule has 6 nitrogen and oxygen atoms in total. The molecule has 0 aromatic heterocycles. The quantitative estimate of drug-likeness (QED) is 0.309. The van der Waals surface area contributed by atoms with Crippen LogP contribution in [0.5, 0.6) is 0 Å². The molecule has 0 unspecified atom stereocenters. The van der Waals surface area contributed by atoms with Gasteiger partial charge in [-0.05, 0) is 61.3 Å². The Morgan fingerprint density at radius 2 is 1.81 bits per heavy atom. The summed E-state index contributed by atoms with van der Waals surface area (Å²) in [6.45, 7) is 5.85. The van der Waals surface area contributed by atoms with Crippen molar-refractivity contribution in [2.75, 3.05) is 27.4 Å². The number of methoxy groups -OCH3 is 2. The second-order valence-corrected chi connectivity index (χ2v) is 10.7. The minimum Gasteiger partial charge on any atom is -0.490 e. The van der Waals surface area contributed by atoms with E-state index in [0.717, 1.165) is 56.9 Å². The first-order valence-corrected chi connectivity index (χ1v) is 11.8. The maximum atomic E-state index is 12.4. The highest BCUT2D eigenvalue weighted by Gasteiger charge is 2.66. The first-order valence-electron chi connectivity index (χ1n) is 11.8. The molecule has 4 fully saturated rings. The van der Waals surface area contributed by atoms with Gasteiger partial charge >= 0.3 is 5.97 Å². The lowest BCUT2D eigenvalue weighted by atomic mass is 9.45. The largest absolute Gasteiger partial charge is 0.490 e. The Hall–Kier alpha value is -1.37. The van der Waals surface area contributed by atoms with Gasteiger partial charge in [-0.25, -0.2) is 4.79 Å². The average molecular weight is 433 g/mol. The van der Waals surface area contributed by atoms with Crippen LogP contribution in [-0.2, 0) is 23.7 Å². The molecule has 6 heteroatoms. The van der Waals surface area contributed by atoms with E-state index in [-0.39, 0.29) is 16.7 Å². The van der Waals surface area contributed by atoms with Crippen molar-refractivity contribution in [1.29, 1.82) is 0 Å². The van der Waals surface area contributed by atoms with Gasteiger partial charge in [-0.1, -0.05) is 25.5 Å². The lowest BCUT2D eigenvalue weighted by molar-refractivity contribution is -0.218. The first-order chi connectivity index (χ1) is 14.7. The maximum absolute atomic E-state index is 12.4. The molecule has 1 aliphatic heterocycles. The Morgan fingerprint density at radius 1 is 1.06 bits per heavy atom. The van der Waals surface area contributed by atoms with E-state index in [1.807, 2.05) is 0 Å². The van der Waals surface area contributed by atoms with Crippen molar-refractivity contribution in [1.82, 2.24) is 0 Å². The lowest BCUT2D eigenvalue weighted by Crippen LogP contribution is -2.63. The van der Waals surface area contributed by atoms with Crippen LogP contribution in [-0.4, -0.2) is 49.9 Å². The summed E-state index contributed by atoms with van der Waals surface area (Å²) >= 11 is 0. The van der Waals surface area contributed by atoms with Gasteiger partial charge in [-0.2, -0.15) is 0 Å². The Balaban J connectivity index is 1.50. The Bertz CT molecular complexity index is 839. The van der Waals surface area contributed by atoms with Crippen molar-refractivity contribution in [2.24, 2.45) is 22.7 Å². The van der Waals surface area contributed by atoms with Crippen LogP contribution < -0.4 is 0 Å². The summed E-state index contributed by atoms with van der Waals surface area (Å²) in [6, 6.07) is 0. The summed E-state index contributed by atoms with van der Waals surface area (Å²) in [5.74, 6) is -0.0127. The number of rotatable bonds is 2. The summed E-state index contributed by atoms with van der Waals surface area (Å²) in [7, 11) is 2.95. The molecule has 1 heterocycles. The molecule has 5 atom stereocenters. The van der Waals surface area contributed by atoms with E-state index in [1.165, 1.54) is 12.7 Å². The summed E-state index contributed by atoms with van der Waals surface area (Å²) in [5, 5.41) is 12.3. The molecule has 1 spiro atoms. The highest BCUT2D eigenvalue weighted by Crippen LogP contribution is 2.68. The number of carbonyl (C=O) groups excluding carboxylic acids is 1. The monoisotopic (exact) mass is 432 g/mol. The molecule has 4 aliphatic carbocycles. The van der Waals surface area contributed by atoms with E-state index in [1.54, 1.807) is 7.11 Å².